The maximum atomic E-state index is 11.1. The molecular weight excluding hydrogens is 282 g/mol. The van der Waals surface area contributed by atoms with Gasteiger partial charge in [-0.2, -0.15) is 0 Å². The highest BCUT2D eigenvalue weighted by Crippen LogP contribution is 2.16. The molecule has 2 heteroatoms. The van der Waals surface area contributed by atoms with Crippen molar-refractivity contribution in [1.29, 1.82) is 0 Å². The van der Waals surface area contributed by atoms with Crippen molar-refractivity contribution < 1.29 is 4.79 Å². The standard InChI is InChI=1S/C21H23NO/c1-16(23)14-19-8-6-17(7-9-19)4-2-3-5-18-10-11-21-20(15-18)12-13-22-21/h6-13,15,22H,2-5,14H2,1H3. The van der Waals surface area contributed by atoms with Gasteiger partial charge < -0.3 is 4.98 Å². The van der Waals surface area contributed by atoms with E-state index in [1.54, 1.807) is 6.92 Å². The summed E-state index contributed by atoms with van der Waals surface area (Å²) in [6, 6.07) is 17.3. The fourth-order valence-electron chi connectivity index (χ4n) is 3.03. The predicted octanol–water partition coefficient (Wildman–Crippen LogP) is 4.86. The molecule has 2 aromatic carbocycles. The number of hydrogen-bond donors (Lipinski definition) is 1. The molecule has 0 aliphatic carbocycles. The van der Waals surface area contributed by atoms with Gasteiger partial charge in [0.05, 0.1) is 0 Å². The van der Waals surface area contributed by atoms with Gasteiger partial charge in [0.25, 0.3) is 0 Å². The lowest BCUT2D eigenvalue weighted by molar-refractivity contribution is -0.116. The predicted molar refractivity (Wildman–Crippen MR) is 95.8 cm³/mol. The molecule has 0 radical (unpaired) electrons. The topological polar surface area (TPSA) is 32.9 Å². The van der Waals surface area contributed by atoms with Crippen LogP contribution in [0, 0.1) is 0 Å². The van der Waals surface area contributed by atoms with E-state index in [0.717, 1.165) is 18.4 Å². The Kier molecular flexibility index (Phi) is 4.92. The van der Waals surface area contributed by atoms with E-state index in [9.17, 15) is 4.79 Å². The van der Waals surface area contributed by atoms with Crippen molar-refractivity contribution in [3.8, 4) is 0 Å². The second-order valence-electron chi connectivity index (χ2n) is 6.30. The number of nitrogens with one attached hydrogen (secondary N) is 1. The molecule has 3 rings (SSSR count). The van der Waals surface area contributed by atoms with E-state index in [-0.39, 0.29) is 5.78 Å². The zero-order valence-electron chi connectivity index (χ0n) is 13.6. The second-order valence-corrected chi connectivity index (χ2v) is 6.30. The maximum Gasteiger partial charge on any atom is 0.134 e. The minimum absolute atomic E-state index is 0.220. The third-order valence-electron chi connectivity index (χ3n) is 4.27. The van der Waals surface area contributed by atoms with E-state index in [1.165, 1.54) is 34.9 Å². The molecular formula is C21H23NO. The summed E-state index contributed by atoms with van der Waals surface area (Å²) in [5.41, 5.74) is 5.09. The Balaban J connectivity index is 1.46. The van der Waals surface area contributed by atoms with Crippen LogP contribution in [0.2, 0.25) is 0 Å². The summed E-state index contributed by atoms with van der Waals surface area (Å²) in [5.74, 6) is 0.220. The van der Waals surface area contributed by atoms with Gasteiger partial charge in [-0.3, -0.25) is 4.79 Å². The van der Waals surface area contributed by atoms with Crippen molar-refractivity contribution in [2.45, 2.75) is 39.0 Å². The van der Waals surface area contributed by atoms with Crippen molar-refractivity contribution in [2.24, 2.45) is 0 Å². The SMILES string of the molecule is CC(=O)Cc1ccc(CCCCc2ccc3[nH]ccc3c2)cc1. The van der Waals surface area contributed by atoms with Crippen LogP contribution in [-0.4, -0.2) is 10.8 Å². The molecule has 0 bridgehead atoms. The van der Waals surface area contributed by atoms with Crippen molar-refractivity contribution in [3.05, 3.63) is 71.4 Å². The minimum Gasteiger partial charge on any atom is -0.361 e. The number of aryl methyl sites for hydroxylation is 2. The van der Waals surface area contributed by atoms with Gasteiger partial charge >= 0.3 is 0 Å². The quantitative estimate of drug-likeness (QED) is 0.621. The van der Waals surface area contributed by atoms with Gasteiger partial charge in [0.2, 0.25) is 0 Å². The van der Waals surface area contributed by atoms with Crippen LogP contribution in [0.1, 0.15) is 36.5 Å². The molecule has 0 unspecified atom stereocenters. The third kappa shape index (κ3) is 4.32. The molecule has 1 N–H and O–H groups in total. The number of benzene rings is 2. The molecule has 0 saturated carbocycles. The van der Waals surface area contributed by atoms with Crippen LogP contribution >= 0.6 is 0 Å². The number of ketones is 1. The molecule has 0 atom stereocenters. The molecule has 0 amide bonds. The summed E-state index contributed by atoms with van der Waals surface area (Å²) in [7, 11) is 0. The van der Waals surface area contributed by atoms with Crippen molar-refractivity contribution >= 4 is 16.7 Å². The van der Waals surface area contributed by atoms with Gasteiger partial charge in [0.1, 0.15) is 5.78 Å². The van der Waals surface area contributed by atoms with E-state index < -0.39 is 0 Å². The van der Waals surface area contributed by atoms with Crippen LogP contribution in [0.5, 0.6) is 0 Å². The molecule has 1 heterocycles. The Morgan fingerprint density at radius 3 is 2.26 bits per heavy atom. The van der Waals surface area contributed by atoms with Gasteiger partial charge in [-0.25, -0.2) is 0 Å². The Bertz CT molecular complexity index is 783. The van der Waals surface area contributed by atoms with Gasteiger partial charge in [0, 0.05) is 18.1 Å². The van der Waals surface area contributed by atoms with E-state index in [1.807, 2.05) is 6.20 Å². The van der Waals surface area contributed by atoms with Crippen LogP contribution in [0.3, 0.4) is 0 Å². The molecule has 3 aromatic rings. The van der Waals surface area contributed by atoms with E-state index >= 15 is 0 Å². The van der Waals surface area contributed by atoms with Gasteiger partial charge in [-0.05, 0) is 72.9 Å². The number of hydrogen-bond acceptors (Lipinski definition) is 1. The monoisotopic (exact) mass is 305 g/mol. The number of Topliss-reactive ketones (excluding diaryl/α,β-unsaturated/α-hetero) is 1. The number of unbranched alkanes of at least 4 members (excludes halogenated alkanes) is 1. The Morgan fingerprint density at radius 1 is 0.870 bits per heavy atom. The number of aromatic amines is 1. The summed E-state index contributed by atoms with van der Waals surface area (Å²) < 4.78 is 0. The summed E-state index contributed by atoms with van der Waals surface area (Å²) >= 11 is 0. The van der Waals surface area contributed by atoms with Crippen LogP contribution < -0.4 is 0 Å². The second kappa shape index (κ2) is 7.28. The lowest BCUT2D eigenvalue weighted by Gasteiger charge is -2.04. The van der Waals surface area contributed by atoms with Gasteiger partial charge in [0.15, 0.2) is 0 Å². The maximum absolute atomic E-state index is 11.1. The fourth-order valence-corrected chi connectivity index (χ4v) is 3.03. The highest BCUT2D eigenvalue weighted by atomic mass is 16.1. The lowest BCUT2D eigenvalue weighted by Crippen LogP contribution is -1.96. The first-order chi connectivity index (χ1) is 11.2. The largest absolute Gasteiger partial charge is 0.361 e. The van der Waals surface area contributed by atoms with Crippen LogP contribution in [0.4, 0.5) is 0 Å². The Morgan fingerprint density at radius 2 is 1.52 bits per heavy atom. The molecule has 0 aliphatic heterocycles. The van der Waals surface area contributed by atoms with Crippen LogP contribution in [-0.2, 0) is 24.1 Å². The minimum atomic E-state index is 0.220. The Labute approximate surface area is 137 Å². The molecule has 118 valence electrons. The average Bonchev–Trinajstić information content (AvgIpc) is 3.00. The van der Waals surface area contributed by atoms with E-state index in [0.29, 0.717) is 6.42 Å². The third-order valence-corrected chi connectivity index (χ3v) is 4.27. The van der Waals surface area contributed by atoms with Crippen LogP contribution in [0.15, 0.2) is 54.7 Å². The average molecular weight is 305 g/mol. The van der Waals surface area contributed by atoms with Gasteiger partial charge in [-0.1, -0.05) is 30.3 Å². The first-order valence-electron chi connectivity index (χ1n) is 8.34. The summed E-state index contributed by atoms with van der Waals surface area (Å²) in [6.45, 7) is 1.64. The van der Waals surface area contributed by atoms with Gasteiger partial charge in [-0.15, -0.1) is 0 Å². The molecule has 0 saturated heterocycles. The number of fused-ring (bicyclic) bond motifs is 1. The molecule has 23 heavy (non-hydrogen) atoms. The summed E-state index contributed by atoms with van der Waals surface area (Å²) in [6.07, 6.45) is 7.16. The Hall–Kier alpha value is -2.35. The molecule has 0 spiro atoms. The highest BCUT2D eigenvalue weighted by Gasteiger charge is 2.00. The van der Waals surface area contributed by atoms with Crippen molar-refractivity contribution in [1.82, 2.24) is 4.98 Å². The van der Waals surface area contributed by atoms with Crippen molar-refractivity contribution in [3.63, 3.8) is 0 Å². The molecule has 0 fully saturated rings. The number of H-pyrrole nitrogens is 1. The smallest absolute Gasteiger partial charge is 0.134 e. The first kappa shape index (κ1) is 15.5. The lowest BCUT2D eigenvalue weighted by atomic mass is 10.0. The number of carbonyl (C=O) groups is 1. The van der Waals surface area contributed by atoms with Crippen LogP contribution in [0.25, 0.3) is 10.9 Å². The number of carbonyl (C=O) groups excluding carboxylic acids is 1. The summed E-state index contributed by atoms with van der Waals surface area (Å²) in [4.78, 5) is 14.3. The van der Waals surface area contributed by atoms with Crippen molar-refractivity contribution in [2.75, 3.05) is 0 Å². The zero-order chi connectivity index (χ0) is 16.1. The normalized spacial score (nSPS) is 11.0. The summed E-state index contributed by atoms with van der Waals surface area (Å²) in [5, 5.41) is 1.29. The molecule has 1 aromatic heterocycles. The van der Waals surface area contributed by atoms with E-state index in [2.05, 4.69) is 53.5 Å². The molecule has 0 aliphatic rings. The number of rotatable bonds is 7. The van der Waals surface area contributed by atoms with E-state index in [4.69, 9.17) is 0 Å². The first-order valence-corrected chi connectivity index (χ1v) is 8.34. The highest BCUT2D eigenvalue weighted by molar-refractivity contribution is 5.80. The molecule has 2 nitrogen and oxygen atoms in total. The fraction of sp³-hybridized carbons (Fsp3) is 0.286. The zero-order valence-corrected chi connectivity index (χ0v) is 13.6. The number of aromatic nitrogens is 1.